The van der Waals surface area contributed by atoms with Gasteiger partial charge in [0, 0.05) is 44.1 Å². The molecular formula is C18H19Cl2N3O2Pt2. The number of rotatable bonds is 4. The summed E-state index contributed by atoms with van der Waals surface area (Å²) in [5.41, 5.74) is 0.890. The van der Waals surface area contributed by atoms with Gasteiger partial charge in [0.05, 0.1) is 5.82 Å². The molecule has 0 bridgehead atoms. The molecule has 0 saturated heterocycles. The van der Waals surface area contributed by atoms with Crippen LogP contribution in [0, 0.1) is 13.2 Å². The van der Waals surface area contributed by atoms with Gasteiger partial charge in [-0.15, -0.1) is 23.8 Å². The normalized spacial score (nSPS) is 8.93. The molecule has 27 heavy (non-hydrogen) atoms. The molecule has 0 aliphatic rings. The molecule has 0 aliphatic carbocycles. The number of imidazole rings is 1. The molecule has 0 spiro atoms. The van der Waals surface area contributed by atoms with Gasteiger partial charge < -0.3 is 14.0 Å². The molecule has 0 fully saturated rings. The van der Waals surface area contributed by atoms with Crippen LogP contribution in [0.25, 0.3) is 11.4 Å². The Morgan fingerprint density at radius 1 is 1.07 bits per heavy atom. The van der Waals surface area contributed by atoms with Gasteiger partial charge in [-0.2, -0.15) is 0 Å². The van der Waals surface area contributed by atoms with Crippen LogP contribution in [0.15, 0.2) is 55.0 Å². The fourth-order valence-corrected chi connectivity index (χ4v) is 1.78. The number of hydrogen-bond donors (Lipinski definition) is 0. The molecule has 0 atom stereocenters. The van der Waals surface area contributed by atoms with Crippen LogP contribution < -0.4 is 4.74 Å². The van der Waals surface area contributed by atoms with E-state index in [0.717, 1.165) is 11.4 Å². The molecule has 3 aromatic rings. The molecule has 0 N–H and O–H groups in total. The van der Waals surface area contributed by atoms with E-state index in [9.17, 15) is 0 Å². The first-order valence-corrected chi connectivity index (χ1v) is 13.1. The molecular weight excluding hydrogens is 751 g/mol. The molecule has 9 heteroatoms. The minimum atomic E-state index is 0.552. The number of hydrogen-bond acceptors (Lipinski definition) is 4. The first-order valence-electron chi connectivity index (χ1n) is 7.44. The predicted octanol–water partition coefficient (Wildman–Crippen LogP) is 5.26. The van der Waals surface area contributed by atoms with Gasteiger partial charge >= 0.3 is 56.4 Å². The average Bonchev–Trinajstić information content (AvgIpc) is 3.18. The number of ether oxygens (including phenoxy) is 2. The van der Waals surface area contributed by atoms with Crippen LogP contribution >= 0.6 is 18.8 Å². The Kier molecular flexibility index (Phi) is 16.9. The van der Waals surface area contributed by atoms with Crippen molar-refractivity contribution in [3.8, 4) is 23.0 Å². The molecule has 1 aromatic carbocycles. The van der Waals surface area contributed by atoms with Gasteiger partial charge in [0.1, 0.15) is 0 Å². The maximum absolute atomic E-state index is 5.65. The fourth-order valence-electron chi connectivity index (χ4n) is 1.78. The molecule has 2 aromatic heterocycles. The molecule has 2 heterocycles. The van der Waals surface area contributed by atoms with Crippen molar-refractivity contribution in [1.29, 1.82) is 0 Å². The van der Waals surface area contributed by atoms with Crippen LogP contribution in [0.3, 0.4) is 0 Å². The summed E-state index contributed by atoms with van der Waals surface area (Å²) in [5.74, 6) is 2.03. The second kappa shape index (κ2) is 17.4. The molecule has 0 radical (unpaired) electrons. The summed E-state index contributed by atoms with van der Waals surface area (Å²) in [5, 5.41) is 0. The monoisotopic (exact) mass is 769 g/mol. The van der Waals surface area contributed by atoms with Crippen LogP contribution in [0.1, 0.15) is 6.92 Å². The summed E-state index contributed by atoms with van der Waals surface area (Å²) in [7, 11) is 14.3. The van der Waals surface area contributed by atoms with E-state index in [0.29, 0.717) is 18.2 Å². The first kappa shape index (κ1) is 26.3. The summed E-state index contributed by atoms with van der Waals surface area (Å²) in [4.78, 5) is 8.42. The zero-order valence-corrected chi connectivity index (χ0v) is 20.7. The van der Waals surface area contributed by atoms with E-state index in [2.05, 4.69) is 46.7 Å². The Labute approximate surface area is 191 Å². The third-order valence-corrected chi connectivity index (χ3v) is 2.89. The number of aromatic nitrogens is 3. The summed E-state index contributed by atoms with van der Waals surface area (Å²) >= 11 is 3.22. The zero-order valence-electron chi connectivity index (χ0n) is 14.7. The van der Waals surface area contributed by atoms with E-state index >= 15 is 0 Å². The van der Waals surface area contributed by atoms with E-state index in [1.54, 1.807) is 56.0 Å². The molecule has 0 aliphatic heterocycles. The number of aryl methyl sites for hydroxylation is 1. The molecule has 0 saturated carbocycles. The summed E-state index contributed by atoms with van der Waals surface area (Å²) in [6.07, 6.45) is 5.35. The Bertz CT molecular complexity index is 729. The Balaban J connectivity index is 0.000000737. The van der Waals surface area contributed by atoms with Crippen molar-refractivity contribution in [2.75, 3.05) is 6.61 Å². The predicted molar refractivity (Wildman–Crippen MR) is 100 cm³/mol. The fraction of sp³-hybridized carbons (Fsp3) is 0.167. The van der Waals surface area contributed by atoms with Crippen molar-refractivity contribution in [2.24, 2.45) is 7.05 Å². The van der Waals surface area contributed by atoms with E-state index < -0.39 is 0 Å². The minimum absolute atomic E-state index is 0.552. The number of pyridine rings is 1. The van der Waals surface area contributed by atoms with Gasteiger partial charge in [-0.25, -0.2) is 12.1 Å². The summed E-state index contributed by atoms with van der Waals surface area (Å²) in [6.45, 7) is 2.60. The van der Waals surface area contributed by atoms with E-state index in [-0.39, 0.29) is 0 Å². The van der Waals surface area contributed by atoms with Gasteiger partial charge in [-0.1, -0.05) is 12.1 Å². The van der Waals surface area contributed by atoms with Crippen molar-refractivity contribution >= 4 is 18.8 Å². The van der Waals surface area contributed by atoms with Crippen molar-refractivity contribution < 1.29 is 47.0 Å². The topological polar surface area (TPSA) is 49.2 Å². The van der Waals surface area contributed by atoms with Gasteiger partial charge in [0.2, 0.25) is 5.88 Å². The second-order valence-corrected chi connectivity index (χ2v) is 4.55. The molecule has 3 rings (SSSR count). The van der Waals surface area contributed by atoms with Crippen LogP contribution in [-0.2, 0) is 49.3 Å². The van der Waals surface area contributed by atoms with Crippen LogP contribution in [0.5, 0.6) is 11.6 Å². The number of benzene rings is 1. The summed E-state index contributed by atoms with van der Waals surface area (Å²) in [6, 6.07) is 14.4. The number of nitrogens with zero attached hydrogens (tertiary/aromatic N) is 3. The van der Waals surface area contributed by atoms with Gasteiger partial charge in [0.25, 0.3) is 0 Å². The van der Waals surface area contributed by atoms with Crippen LogP contribution in [0.4, 0.5) is 0 Å². The summed E-state index contributed by atoms with van der Waals surface area (Å²) < 4.78 is 11.9. The molecule has 0 unspecified atom stereocenters. The quantitative estimate of drug-likeness (QED) is 0.340. The third kappa shape index (κ3) is 10.4. The maximum atomic E-state index is 5.65. The van der Waals surface area contributed by atoms with Crippen LogP contribution in [-0.4, -0.2) is 21.1 Å². The van der Waals surface area contributed by atoms with Gasteiger partial charge in [-0.3, -0.25) is 4.98 Å². The SMILES string of the molecule is Cn1ccnc1-c1[c-]c(Oc2ccccn2)ccc1.[CH2-]OCC.[Cl][Pt+].[Cl][Pt+]. The standard InChI is InChI=1S/C15H12N3O.C3H7O.2ClH.2Pt/c1-18-10-9-17-15(18)12-5-4-6-13(11-12)19-14-7-2-3-8-16-14;1-3-4-2;;;;/h2-10H,1H3;2-3H2,1H3;2*1H;;/q2*-1;;;2*+2/p-2. The van der Waals surface area contributed by atoms with Gasteiger partial charge in [-0.05, 0) is 13.0 Å². The Morgan fingerprint density at radius 2 is 1.78 bits per heavy atom. The van der Waals surface area contributed by atoms with Gasteiger partial charge in [0.15, 0.2) is 0 Å². The van der Waals surface area contributed by atoms with Crippen molar-refractivity contribution in [3.05, 3.63) is 68.2 Å². The van der Waals surface area contributed by atoms with Crippen LogP contribution in [0.2, 0.25) is 0 Å². The average molecular weight is 770 g/mol. The van der Waals surface area contributed by atoms with Crippen molar-refractivity contribution in [3.63, 3.8) is 0 Å². The first-order chi connectivity index (χ1) is 13.2. The van der Waals surface area contributed by atoms with Crippen molar-refractivity contribution in [1.82, 2.24) is 14.5 Å². The Hall–Kier alpha value is -0.703. The van der Waals surface area contributed by atoms with E-state index in [1.165, 1.54) is 0 Å². The van der Waals surface area contributed by atoms with E-state index in [1.807, 2.05) is 55.1 Å². The second-order valence-electron chi connectivity index (χ2n) is 4.55. The van der Waals surface area contributed by atoms with E-state index in [4.69, 9.17) is 4.74 Å². The van der Waals surface area contributed by atoms with Crippen molar-refractivity contribution in [2.45, 2.75) is 6.92 Å². The molecule has 5 nitrogen and oxygen atoms in total. The zero-order chi connectivity index (χ0) is 20.5. The molecule has 152 valence electrons. The number of halogens is 2. The molecule has 0 amide bonds. The third-order valence-electron chi connectivity index (χ3n) is 2.89. The Morgan fingerprint density at radius 3 is 2.30 bits per heavy atom.